The van der Waals surface area contributed by atoms with Gasteiger partial charge in [-0.3, -0.25) is 0 Å². The number of methoxy groups -OCH3 is 1. The van der Waals surface area contributed by atoms with Gasteiger partial charge in [0.05, 0.1) is 7.11 Å². The van der Waals surface area contributed by atoms with Gasteiger partial charge in [0.15, 0.2) is 15.5 Å². The lowest BCUT2D eigenvalue weighted by Crippen LogP contribution is -2.05. The van der Waals surface area contributed by atoms with Gasteiger partial charge in [0.2, 0.25) is 10.6 Å². The van der Waals surface area contributed by atoms with Crippen molar-refractivity contribution in [2.24, 2.45) is 0 Å². The third kappa shape index (κ3) is 2.81. The maximum Gasteiger partial charge on any atom is 0.215 e. The molecule has 0 fully saturated rings. The zero-order valence-corrected chi connectivity index (χ0v) is 13.1. The van der Waals surface area contributed by atoms with Crippen LogP contribution in [0, 0.1) is 0 Å². The topological polar surface area (TPSA) is 29.5 Å². The average molecular weight is 309 g/mol. The van der Waals surface area contributed by atoms with Gasteiger partial charge in [-0.15, -0.1) is 0 Å². The molecule has 110 valence electrons. The number of rotatable bonds is 4. The molecule has 3 aromatic rings. The molecule has 0 bridgehead atoms. The third-order valence-electron chi connectivity index (χ3n) is 3.36. The number of hydrogen-bond acceptors (Lipinski definition) is 2. The molecule has 0 radical (unpaired) electrons. The first-order chi connectivity index (χ1) is 10.8. The van der Waals surface area contributed by atoms with Crippen molar-refractivity contribution in [2.45, 2.75) is 14.7 Å². The number of ether oxygens (including phenoxy) is 1. The van der Waals surface area contributed by atoms with E-state index in [-0.39, 0.29) is 16.6 Å². The van der Waals surface area contributed by atoms with E-state index in [0.29, 0.717) is 5.75 Å². The van der Waals surface area contributed by atoms with Crippen LogP contribution in [0.5, 0.6) is 11.5 Å². The lowest BCUT2D eigenvalue weighted by molar-refractivity contribution is 0.367. The van der Waals surface area contributed by atoms with Crippen molar-refractivity contribution >= 4 is 10.9 Å². The summed E-state index contributed by atoms with van der Waals surface area (Å²) in [5.74, 6) is 0.711. The zero-order valence-electron chi connectivity index (χ0n) is 12.3. The molecule has 0 unspecified atom stereocenters. The summed E-state index contributed by atoms with van der Waals surface area (Å²) in [7, 11) is 1.20. The van der Waals surface area contributed by atoms with Gasteiger partial charge in [-0.1, -0.05) is 42.5 Å². The Morgan fingerprint density at radius 2 is 1.27 bits per heavy atom. The first kappa shape index (κ1) is 14.5. The predicted octanol–water partition coefficient (Wildman–Crippen LogP) is 4.50. The molecule has 3 heteroatoms. The van der Waals surface area contributed by atoms with Crippen LogP contribution in [0.15, 0.2) is 93.5 Å². The Labute approximate surface area is 133 Å². The Morgan fingerprint density at radius 3 is 1.77 bits per heavy atom. The van der Waals surface area contributed by atoms with Gasteiger partial charge in [-0.2, -0.15) is 0 Å². The molecule has 0 spiro atoms. The first-order valence-electron chi connectivity index (χ1n) is 7.01. The maximum atomic E-state index is 10.6. The quantitative estimate of drug-likeness (QED) is 0.719. The van der Waals surface area contributed by atoms with Crippen molar-refractivity contribution in [3.8, 4) is 11.5 Å². The van der Waals surface area contributed by atoms with Crippen molar-refractivity contribution < 1.29 is 9.84 Å². The molecule has 0 heterocycles. The van der Waals surface area contributed by atoms with Gasteiger partial charge in [0, 0.05) is 0 Å². The standard InChI is InChI=1S/C19H16O2S/c1-21-17-13-8-14-18(19(17)20)22(15-9-4-2-5-10-15)16-11-6-3-7-12-16/h2-14H,1H3/p+1. The molecule has 0 atom stereocenters. The van der Waals surface area contributed by atoms with E-state index in [1.807, 2.05) is 48.5 Å². The van der Waals surface area contributed by atoms with Crippen molar-refractivity contribution in [1.29, 1.82) is 0 Å². The van der Waals surface area contributed by atoms with Crippen molar-refractivity contribution in [2.75, 3.05) is 7.11 Å². The minimum atomic E-state index is -0.368. The van der Waals surface area contributed by atoms with Crippen LogP contribution in [-0.4, -0.2) is 12.2 Å². The summed E-state index contributed by atoms with van der Waals surface area (Å²) in [5.41, 5.74) is 0. The fraction of sp³-hybridized carbons (Fsp3) is 0.0526. The monoisotopic (exact) mass is 309 g/mol. The molecular weight excluding hydrogens is 292 g/mol. The number of phenolic OH excluding ortho intramolecular Hbond substituents is 1. The van der Waals surface area contributed by atoms with E-state index in [0.717, 1.165) is 14.7 Å². The molecule has 0 saturated heterocycles. The smallest absolute Gasteiger partial charge is 0.215 e. The van der Waals surface area contributed by atoms with Gasteiger partial charge >= 0.3 is 0 Å². The SMILES string of the molecule is COc1cccc([S+](c2ccccc2)c2ccccc2)c1O. The Kier molecular flexibility index (Phi) is 4.35. The summed E-state index contributed by atoms with van der Waals surface area (Å²) in [5, 5.41) is 10.6. The summed E-state index contributed by atoms with van der Waals surface area (Å²) in [6.45, 7) is 0. The molecule has 2 nitrogen and oxygen atoms in total. The van der Waals surface area contributed by atoms with Crippen LogP contribution in [0.3, 0.4) is 0 Å². The first-order valence-corrected chi connectivity index (χ1v) is 8.24. The molecule has 3 aromatic carbocycles. The van der Waals surface area contributed by atoms with E-state index < -0.39 is 0 Å². The Morgan fingerprint density at radius 1 is 0.727 bits per heavy atom. The zero-order chi connectivity index (χ0) is 15.4. The summed E-state index contributed by atoms with van der Waals surface area (Å²) in [6.07, 6.45) is 0. The highest BCUT2D eigenvalue weighted by atomic mass is 32.2. The fourth-order valence-electron chi connectivity index (χ4n) is 2.33. The van der Waals surface area contributed by atoms with Crippen molar-refractivity contribution in [1.82, 2.24) is 0 Å². The van der Waals surface area contributed by atoms with E-state index in [4.69, 9.17) is 4.74 Å². The Balaban J connectivity index is 2.19. The summed E-state index contributed by atoms with van der Waals surface area (Å²) in [6, 6.07) is 26.1. The summed E-state index contributed by atoms with van der Waals surface area (Å²) in [4.78, 5) is 3.20. The molecular formula is C19H17O2S+. The van der Waals surface area contributed by atoms with Gasteiger partial charge in [-0.25, -0.2) is 0 Å². The number of para-hydroxylation sites is 1. The van der Waals surface area contributed by atoms with Crippen LogP contribution in [0.1, 0.15) is 0 Å². The van der Waals surface area contributed by atoms with Crippen LogP contribution in [0.2, 0.25) is 0 Å². The van der Waals surface area contributed by atoms with E-state index in [2.05, 4.69) is 24.3 Å². The molecule has 0 aromatic heterocycles. The Hall–Kier alpha value is -2.39. The highest BCUT2D eigenvalue weighted by Crippen LogP contribution is 2.40. The number of hydrogen-bond donors (Lipinski definition) is 1. The number of benzene rings is 3. The van der Waals surface area contributed by atoms with E-state index in [1.165, 1.54) is 0 Å². The van der Waals surface area contributed by atoms with E-state index >= 15 is 0 Å². The van der Waals surface area contributed by atoms with Crippen molar-refractivity contribution in [3.05, 3.63) is 78.9 Å². The molecule has 0 amide bonds. The normalized spacial score (nSPS) is 10.6. The molecule has 0 aliphatic heterocycles. The highest BCUT2D eigenvalue weighted by Gasteiger charge is 2.32. The van der Waals surface area contributed by atoms with E-state index in [1.54, 1.807) is 13.2 Å². The minimum absolute atomic E-state index is 0.209. The van der Waals surface area contributed by atoms with Gasteiger partial charge < -0.3 is 9.84 Å². The van der Waals surface area contributed by atoms with Gasteiger partial charge in [0.1, 0.15) is 10.9 Å². The van der Waals surface area contributed by atoms with Crippen LogP contribution in [0.25, 0.3) is 0 Å². The third-order valence-corrected chi connectivity index (χ3v) is 5.62. The molecule has 0 saturated carbocycles. The van der Waals surface area contributed by atoms with Crippen LogP contribution >= 0.6 is 0 Å². The molecule has 3 rings (SSSR count). The largest absolute Gasteiger partial charge is 0.501 e. The molecule has 22 heavy (non-hydrogen) atoms. The second-order valence-corrected chi connectivity index (χ2v) is 6.73. The predicted molar refractivity (Wildman–Crippen MR) is 89.7 cm³/mol. The molecule has 1 N–H and O–H groups in total. The second kappa shape index (κ2) is 6.58. The lowest BCUT2D eigenvalue weighted by atomic mass is 10.3. The Bertz CT molecular complexity index is 702. The minimum Gasteiger partial charge on any atom is -0.501 e. The second-order valence-electron chi connectivity index (χ2n) is 4.74. The van der Waals surface area contributed by atoms with Crippen LogP contribution < -0.4 is 4.74 Å². The highest BCUT2D eigenvalue weighted by molar-refractivity contribution is 7.97. The molecule has 0 aliphatic carbocycles. The molecule has 0 aliphatic rings. The summed E-state index contributed by atoms with van der Waals surface area (Å²) < 4.78 is 5.26. The number of aromatic hydroxyl groups is 1. The van der Waals surface area contributed by atoms with Crippen molar-refractivity contribution in [3.63, 3.8) is 0 Å². The summed E-state index contributed by atoms with van der Waals surface area (Å²) >= 11 is 0. The lowest BCUT2D eigenvalue weighted by Gasteiger charge is -2.11. The van der Waals surface area contributed by atoms with Crippen LogP contribution in [-0.2, 0) is 10.9 Å². The van der Waals surface area contributed by atoms with E-state index in [9.17, 15) is 5.11 Å². The van der Waals surface area contributed by atoms with Crippen LogP contribution in [0.4, 0.5) is 0 Å². The number of phenols is 1. The average Bonchev–Trinajstić information content (AvgIpc) is 2.59. The van der Waals surface area contributed by atoms with Gasteiger partial charge in [0.25, 0.3) is 0 Å². The fourth-order valence-corrected chi connectivity index (χ4v) is 4.48. The van der Waals surface area contributed by atoms with Gasteiger partial charge in [-0.05, 0) is 36.4 Å². The maximum absolute atomic E-state index is 10.6.